The average molecular weight is 232 g/mol. The highest BCUT2D eigenvalue weighted by atomic mass is 16.5. The van der Waals surface area contributed by atoms with E-state index in [0.717, 1.165) is 31.6 Å². The Balaban J connectivity index is 2.23. The molecule has 17 heavy (non-hydrogen) atoms. The molecule has 0 heterocycles. The average Bonchev–Trinajstić information content (AvgIpc) is 2.37. The first-order chi connectivity index (χ1) is 8.36. The minimum absolute atomic E-state index is 0.839. The van der Waals surface area contributed by atoms with Crippen LogP contribution < -0.4 is 4.74 Å². The van der Waals surface area contributed by atoms with Gasteiger partial charge < -0.3 is 4.74 Å². The predicted molar refractivity (Wildman–Crippen MR) is 74.6 cm³/mol. The molecule has 94 valence electrons. The van der Waals surface area contributed by atoms with Gasteiger partial charge in [-0.2, -0.15) is 0 Å². The van der Waals surface area contributed by atoms with Crippen LogP contribution in [0.5, 0.6) is 5.75 Å². The summed E-state index contributed by atoms with van der Waals surface area (Å²) in [6.07, 6.45) is 9.08. The van der Waals surface area contributed by atoms with Crippen LogP contribution in [0.1, 0.15) is 44.6 Å². The first-order valence-electron chi connectivity index (χ1n) is 6.69. The lowest BCUT2D eigenvalue weighted by Gasteiger charge is -2.06. The summed E-state index contributed by atoms with van der Waals surface area (Å²) in [7, 11) is 0. The molecule has 0 atom stereocenters. The van der Waals surface area contributed by atoms with Crippen LogP contribution in [0.25, 0.3) is 0 Å². The third kappa shape index (κ3) is 6.15. The Labute approximate surface area is 106 Å². The second kappa shape index (κ2) is 8.86. The van der Waals surface area contributed by atoms with Gasteiger partial charge in [-0.05, 0) is 37.0 Å². The van der Waals surface area contributed by atoms with E-state index in [-0.39, 0.29) is 0 Å². The van der Waals surface area contributed by atoms with Gasteiger partial charge in [-0.25, -0.2) is 0 Å². The molecular formula is C16H24O. The molecule has 1 aromatic rings. The summed E-state index contributed by atoms with van der Waals surface area (Å²) in [5.41, 5.74) is 1.35. The zero-order valence-electron chi connectivity index (χ0n) is 11.0. The van der Waals surface area contributed by atoms with Crippen LogP contribution in [0.3, 0.4) is 0 Å². The van der Waals surface area contributed by atoms with Gasteiger partial charge in [0.25, 0.3) is 0 Å². The summed E-state index contributed by atoms with van der Waals surface area (Å²) < 4.78 is 5.69. The van der Waals surface area contributed by atoms with Gasteiger partial charge in [-0.15, -0.1) is 6.58 Å². The lowest BCUT2D eigenvalue weighted by Crippen LogP contribution is -1.97. The smallest absolute Gasteiger partial charge is 0.119 e. The minimum Gasteiger partial charge on any atom is -0.494 e. The van der Waals surface area contributed by atoms with Gasteiger partial charge in [0.15, 0.2) is 0 Å². The number of hydrogen-bond donors (Lipinski definition) is 0. The van der Waals surface area contributed by atoms with Crippen molar-refractivity contribution in [2.24, 2.45) is 0 Å². The largest absolute Gasteiger partial charge is 0.494 e. The van der Waals surface area contributed by atoms with E-state index in [0.29, 0.717) is 0 Å². The van der Waals surface area contributed by atoms with Gasteiger partial charge in [0.1, 0.15) is 5.75 Å². The van der Waals surface area contributed by atoms with Crippen molar-refractivity contribution in [3.05, 3.63) is 42.5 Å². The Kier molecular flexibility index (Phi) is 7.20. The molecule has 1 nitrogen and oxygen atoms in total. The summed E-state index contributed by atoms with van der Waals surface area (Å²) in [6, 6.07) is 8.42. The third-order valence-corrected chi connectivity index (χ3v) is 2.83. The summed E-state index contributed by atoms with van der Waals surface area (Å²) >= 11 is 0. The first-order valence-corrected chi connectivity index (χ1v) is 6.69. The maximum absolute atomic E-state index is 5.69. The van der Waals surface area contributed by atoms with Crippen molar-refractivity contribution in [1.82, 2.24) is 0 Å². The van der Waals surface area contributed by atoms with E-state index < -0.39 is 0 Å². The topological polar surface area (TPSA) is 9.23 Å². The Bertz CT molecular complexity index is 300. The predicted octanol–water partition coefficient (Wildman–Crippen LogP) is 4.76. The molecule has 0 aromatic heterocycles. The molecule has 1 rings (SSSR count). The first kappa shape index (κ1) is 13.8. The minimum atomic E-state index is 0.839. The number of ether oxygens (including phenoxy) is 1. The molecule has 0 saturated carbocycles. The van der Waals surface area contributed by atoms with Gasteiger partial charge in [0.2, 0.25) is 0 Å². The van der Waals surface area contributed by atoms with Crippen LogP contribution in [-0.4, -0.2) is 6.61 Å². The molecule has 1 aromatic carbocycles. The Morgan fingerprint density at radius 3 is 2.53 bits per heavy atom. The van der Waals surface area contributed by atoms with Crippen molar-refractivity contribution in [1.29, 1.82) is 0 Å². The molecule has 0 unspecified atom stereocenters. The molecule has 0 amide bonds. The highest BCUT2D eigenvalue weighted by Gasteiger charge is 1.95. The zero-order chi connectivity index (χ0) is 12.3. The lowest BCUT2D eigenvalue weighted by molar-refractivity contribution is 0.305. The quantitative estimate of drug-likeness (QED) is 0.440. The maximum atomic E-state index is 5.69. The third-order valence-electron chi connectivity index (χ3n) is 2.83. The van der Waals surface area contributed by atoms with E-state index in [4.69, 9.17) is 4.74 Å². The molecule has 0 bridgehead atoms. The lowest BCUT2D eigenvalue weighted by atomic mass is 10.1. The van der Waals surface area contributed by atoms with Gasteiger partial charge in [0, 0.05) is 0 Å². The SMILES string of the molecule is C=CCCc1ccc(OCCCCCC)cc1. The number of hydrogen-bond acceptors (Lipinski definition) is 1. The van der Waals surface area contributed by atoms with Crippen molar-refractivity contribution in [2.75, 3.05) is 6.61 Å². The van der Waals surface area contributed by atoms with E-state index >= 15 is 0 Å². The monoisotopic (exact) mass is 232 g/mol. The highest BCUT2D eigenvalue weighted by molar-refractivity contribution is 5.27. The number of benzene rings is 1. The summed E-state index contributed by atoms with van der Waals surface area (Å²) in [4.78, 5) is 0. The second-order valence-electron chi connectivity index (χ2n) is 4.38. The highest BCUT2D eigenvalue weighted by Crippen LogP contribution is 2.14. The molecule has 0 radical (unpaired) electrons. The van der Waals surface area contributed by atoms with E-state index in [1.54, 1.807) is 0 Å². The van der Waals surface area contributed by atoms with Crippen LogP contribution in [0.4, 0.5) is 0 Å². The molecule has 0 aliphatic rings. The fourth-order valence-corrected chi connectivity index (χ4v) is 1.74. The fourth-order valence-electron chi connectivity index (χ4n) is 1.74. The van der Waals surface area contributed by atoms with Crippen LogP contribution >= 0.6 is 0 Å². The molecule has 0 aliphatic carbocycles. The number of allylic oxidation sites excluding steroid dienone is 1. The number of unbranched alkanes of at least 4 members (excludes halogenated alkanes) is 3. The summed E-state index contributed by atoms with van der Waals surface area (Å²) in [5.74, 6) is 0.990. The fraction of sp³-hybridized carbons (Fsp3) is 0.500. The van der Waals surface area contributed by atoms with Gasteiger partial charge in [-0.1, -0.05) is 44.4 Å². The molecular weight excluding hydrogens is 208 g/mol. The Hall–Kier alpha value is -1.24. The van der Waals surface area contributed by atoms with Crippen LogP contribution in [0.2, 0.25) is 0 Å². The maximum Gasteiger partial charge on any atom is 0.119 e. The molecule has 0 N–H and O–H groups in total. The van der Waals surface area contributed by atoms with E-state index in [2.05, 4.69) is 37.8 Å². The Morgan fingerprint density at radius 2 is 1.88 bits per heavy atom. The van der Waals surface area contributed by atoms with Gasteiger partial charge in [0.05, 0.1) is 6.61 Å². The molecule has 0 saturated heterocycles. The van der Waals surface area contributed by atoms with Gasteiger partial charge in [-0.3, -0.25) is 0 Å². The standard InChI is InChI=1S/C16H24O/c1-3-5-7-8-14-17-16-12-10-15(11-13-16)9-6-4-2/h4,10-13H,2-3,5-9,14H2,1H3. The normalized spacial score (nSPS) is 10.2. The van der Waals surface area contributed by atoms with Crippen molar-refractivity contribution < 1.29 is 4.74 Å². The van der Waals surface area contributed by atoms with Crippen molar-refractivity contribution in [3.8, 4) is 5.75 Å². The molecule has 0 fully saturated rings. The van der Waals surface area contributed by atoms with Crippen molar-refractivity contribution in [2.45, 2.75) is 45.4 Å². The molecule has 1 heteroatoms. The summed E-state index contributed by atoms with van der Waals surface area (Å²) in [6.45, 7) is 6.80. The van der Waals surface area contributed by atoms with Crippen LogP contribution in [-0.2, 0) is 6.42 Å². The van der Waals surface area contributed by atoms with E-state index in [1.165, 1.54) is 24.8 Å². The van der Waals surface area contributed by atoms with Crippen LogP contribution in [0, 0.1) is 0 Å². The second-order valence-corrected chi connectivity index (χ2v) is 4.38. The van der Waals surface area contributed by atoms with E-state index in [1.807, 2.05) is 6.08 Å². The van der Waals surface area contributed by atoms with E-state index in [9.17, 15) is 0 Å². The molecule has 0 aliphatic heterocycles. The number of aryl methyl sites for hydroxylation is 1. The summed E-state index contributed by atoms with van der Waals surface area (Å²) in [5, 5.41) is 0. The number of rotatable bonds is 9. The zero-order valence-corrected chi connectivity index (χ0v) is 11.0. The van der Waals surface area contributed by atoms with Gasteiger partial charge >= 0.3 is 0 Å². The van der Waals surface area contributed by atoms with Crippen LogP contribution in [0.15, 0.2) is 36.9 Å². The molecule has 0 spiro atoms. The van der Waals surface area contributed by atoms with Crippen molar-refractivity contribution in [3.63, 3.8) is 0 Å². The van der Waals surface area contributed by atoms with Crippen molar-refractivity contribution >= 4 is 0 Å². The Morgan fingerprint density at radius 1 is 1.12 bits per heavy atom.